The molecule has 2 aromatic heterocycles. The standard InChI is InChI=1S/C25H27N5O4/c1-32-19-10-9-15(12-20(19)33-2)14-30-23(26)21(25(31)27-13-16-6-5-11-34-16)22-24(30)29-18-8-4-3-7-17(18)28-22/h3-4,7-10,12,16H,5-6,11,13-14,26H2,1-2H3,(H,27,31)/t16-/m0/s1. The summed E-state index contributed by atoms with van der Waals surface area (Å²) in [7, 11) is 3.19. The van der Waals surface area contributed by atoms with Crippen LogP contribution in [0, 0.1) is 0 Å². The third kappa shape index (κ3) is 3.99. The molecule has 5 rings (SSSR count). The molecule has 4 aromatic rings. The molecular weight excluding hydrogens is 434 g/mol. The van der Waals surface area contributed by atoms with Crippen LogP contribution in [0.5, 0.6) is 11.5 Å². The summed E-state index contributed by atoms with van der Waals surface area (Å²) in [6, 6.07) is 13.2. The number of methoxy groups -OCH3 is 2. The van der Waals surface area contributed by atoms with Gasteiger partial charge in [0.25, 0.3) is 5.91 Å². The van der Waals surface area contributed by atoms with Crippen molar-refractivity contribution in [3.05, 3.63) is 53.6 Å². The van der Waals surface area contributed by atoms with Gasteiger partial charge in [-0.1, -0.05) is 18.2 Å². The molecule has 0 unspecified atom stereocenters. The van der Waals surface area contributed by atoms with Crippen molar-refractivity contribution < 1.29 is 19.0 Å². The Labute approximate surface area is 196 Å². The number of ether oxygens (including phenoxy) is 3. The minimum absolute atomic E-state index is 0.0252. The number of nitrogen functional groups attached to an aromatic ring is 1. The summed E-state index contributed by atoms with van der Waals surface area (Å²) < 4.78 is 18.2. The molecule has 0 bridgehead atoms. The van der Waals surface area contributed by atoms with Crippen molar-refractivity contribution in [3.8, 4) is 11.5 Å². The Bertz CT molecular complexity index is 1360. The second-order valence-electron chi connectivity index (χ2n) is 8.27. The van der Waals surface area contributed by atoms with Crippen molar-refractivity contribution in [3.63, 3.8) is 0 Å². The van der Waals surface area contributed by atoms with Gasteiger partial charge in [-0.2, -0.15) is 0 Å². The van der Waals surface area contributed by atoms with E-state index in [4.69, 9.17) is 29.9 Å². The largest absolute Gasteiger partial charge is 0.493 e. The first-order valence-corrected chi connectivity index (χ1v) is 11.2. The van der Waals surface area contributed by atoms with Crippen LogP contribution >= 0.6 is 0 Å². The summed E-state index contributed by atoms with van der Waals surface area (Å²) in [5.74, 6) is 1.27. The first-order valence-electron chi connectivity index (χ1n) is 11.2. The molecule has 34 heavy (non-hydrogen) atoms. The molecule has 9 nitrogen and oxygen atoms in total. The van der Waals surface area contributed by atoms with Crippen molar-refractivity contribution in [2.45, 2.75) is 25.5 Å². The Kier molecular flexibility index (Phi) is 5.93. The molecule has 0 aliphatic carbocycles. The minimum atomic E-state index is -0.284. The van der Waals surface area contributed by atoms with Gasteiger partial charge in [-0.15, -0.1) is 0 Å². The van der Waals surface area contributed by atoms with Gasteiger partial charge in [-0.25, -0.2) is 9.97 Å². The molecule has 1 amide bonds. The van der Waals surface area contributed by atoms with Gasteiger partial charge < -0.3 is 29.8 Å². The average Bonchev–Trinajstić information content (AvgIpc) is 3.47. The lowest BCUT2D eigenvalue weighted by molar-refractivity contribution is 0.0859. The van der Waals surface area contributed by atoms with Crippen molar-refractivity contribution in [1.29, 1.82) is 0 Å². The number of amides is 1. The molecule has 3 N–H and O–H groups in total. The molecule has 1 saturated heterocycles. The van der Waals surface area contributed by atoms with Crippen LogP contribution in [0.25, 0.3) is 22.2 Å². The number of benzene rings is 2. The zero-order valence-electron chi connectivity index (χ0n) is 19.2. The fourth-order valence-electron chi connectivity index (χ4n) is 4.36. The first kappa shape index (κ1) is 22.0. The molecule has 3 heterocycles. The summed E-state index contributed by atoms with van der Waals surface area (Å²) in [4.78, 5) is 22.8. The van der Waals surface area contributed by atoms with Gasteiger partial charge in [0, 0.05) is 13.2 Å². The van der Waals surface area contributed by atoms with Gasteiger partial charge in [0.1, 0.15) is 16.9 Å². The number of para-hydroxylation sites is 2. The molecule has 2 aromatic carbocycles. The van der Waals surface area contributed by atoms with E-state index in [9.17, 15) is 4.79 Å². The maximum atomic E-state index is 13.3. The Morgan fingerprint density at radius 2 is 1.91 bits per heavy atom. The lowest BCUT2D eigenvalue weighted by Crippen LogP contribution is -2.32. The van der Waals surface area contributed by atoms with Gasteiger partial charge in [0.2, 0.25) is 0 Å². The Balaban J connectivity index is 1.58. The Hall–Kier alpha value is -3.85. The molecule has 9 heteroatoms. The maximum absolute atomic E-state index is 13.3. The number of hydrogen-bond donors (Lipinski definition) is 2. The summed E-state index contributed by atoms with van der Waals surface area (Å²) in [6.07, 6.45) is 1.96. The number of carbonyl (C=O) groups excluding carboxylic acids is 1. The number of fused-ring (bicyclic) bond motifs is 2. The number of hydrogen-bond acceptors (Lipinski definition) is 7. The SMILES string of the molecule is COc1ccc(Cn2c(N)c(C(=O)NC[C@@H]3CCCO3)c3nc4ccccc4nc32)cc1OC. The first-order chi connectivity index (χ1) is 16.6. The van der Waals surface area contributed by atoms with E-state index in [1.807, 2.05) is 47.0 Å². The topological polar surface area (TPSA) is 114 Å². The normalized spacial score (nSPS) is 15.6. The van der Waals surface area contributed by atoms with Crippen LogP contribution in [0.3, 0.4) is 0 Å². The monoisotopic (exact) mass is 461 g/mol. The van der Waals surface area contributed by atoms with Crippen molar-refractivity contribution in [2.75, 3.05) is 33.1 Å². The predicted molar refractivity (Wildman–Crippen MR) is 129 cm³/mol. The predicted octanol–water partition coefficient (Wildman–Crippen LogP) is 3.14. The van der Waals surface area contributed by atoms with E-state index in [0.29, 0.717) is 52.7 Å². The molecule has 1 atom stereocenters. The highest BCUT2D eigenvalue weighted by molar-refractivity contribution is 6.10. The number of carbonyl (C=O) groups is 1. The lowest BCUT2D eigenvalue weighted by Gasteiger charge is -2.12. The highest BCUT2D eigenvalue weighted by Gasteiger charge is 2.25. The van der Waals surface area contributed by atoms with Crippen molar-refractivity contribution in [2.24, 2.45) is 0 Å². The molecule has 0 saturated carbocycles. The number of anilines is 1. The quantitative estimate of drug-likeness (QED) is 0.435. The Morgan fingerprint density at radius 1 is 1.15 bits per heavy atom. The number of nitrogens with zero attached hydrogens (tertiary/aromatic N) is 3. The molecule has 176 valence electrons. The third-order valence-corrected chi connectivity index (χ3v) is 6.12. The van der Waals surface area contributed by atoms with Gasteiger partial charge in [0.15, 0.2) is 17.1 Å². The summed E-state index contributed by atoms with van der Waals surface area (Å²) >= 11 is 0. The Morgan fingerprint density at radius 3 is 2.62 bits per heavy atom. The number of nitrogens with two attached hydrogens (primary N) is 1. The number of nitrogens with one attached hydrogen (secondary N) is 1. The van der Waals surface area contributed by atoms with E-state index >= 15 is 0 Å². The van der Waals surface area contributed by atoms with E-state index in [-0.39, 0.29) is 12.0 Å². The van der Waals surface area contributed by atoms with Crippen LogP contribution in [-0.4, -0.2) is 53.9 Å². The zero-order valence-corrected chi connectivity index (χ0v) is 19.2. The van der Waals surface area contributed by atoms with Gasteiger partial charge in [0.05, 0.1) is 37.9 Å². The van der Waals surface area contributed by atoms with Crippen LogP contribution in [0.15, 0.2) is 42.5 Å². The van der Waals surface area contributed by atoms with E-state index < -0.39 is 0 Å². The zero-order chi connectivity index (χ0) is 23.7. The van der Waals surface area contributed by atoms with Crippen LogP contribution in [0.2, 0.25) is 0 Å². The molecule has 0 spiro atoms. The molecule has 1 fully saturated rings. The van der Waals surface area contributed by atoms with Crippen LogP contribution in [0.4, 0.5) is 5.82 Å². The van der Waals surface area contributed by atoms with Crippen LogP contribution < -0.4 is 20.5 Å². The van der Waals surface area contributed by atoms with E-state index in [0.717, 1.165) is 30.5 Å². The van der Waals surface area contributed by atoms with Gasteiger partial charge in [-0.05, 0) is 42.7 Å². The third-order valence-electron chi connectivity index (χ3n) is 6.12. The van der Waals surface area contributed by atoms with Crippen LogP contribution in [0.1, 0.15) is 28.8 Å². The number of aromatic nitrogens is 3. The van der Waals surface area contributed by atoms with Crippen molar-refractivity contribution >= 4 is 33.9 Å². The molecular formula is C25H27N5O4. The van der Waals surface area contributed by atoms with Crippen LogP contribution in [-0.2, 0) is 11.3 Å². The molecule has 0 radical (unpaired) electrons. The fraction of sp³-hybridized carbons (Fsp3) is 0.320. The fourth-order valence-corrected chi connectivity index (χ4v) is 4.36. The highest BCUT2D eigenvalue weighted by Crippen LogP contribution is 2.31. The second kappa shape index (κ2) is 9.18. The van der Waals surface area contributed by atoms with Gasteiger partial charge in [-0.3, -0.25) is 4.79 Å². The molecule has 1 aliphatic heterocycles. The summed E-state index contributed by atoms with van der Waals surface area (Å²) in [5.41, 5.74) is 10.3. The van der Waals surface area contributed by atoms with Crippen molar-refractivity contribution in [1.82, 2.24) is 19.9 Å². The van der Waals surface area contributed by atoms with E-state index in [1.165, 1.54) is 0 Å². The maximum Gasteiger partial charge on any atom is 0.257 e. The highest BCUT2D eigenvalue weighted by atomic mass is 16.5. The summed E-state index contributed by atoms with van der Waals surface area (Å²) in [6.45, 7) is 1.54. The van der Waals surface area contributed by atoms with Gasteiger partial charge >= 0.3 is 0 Å². The average molecular weight is 462 g/mol. The summed E-state index contributed by atoms with van der Waals surface area (Å²) in [5, 5.41) is 2.97. The number of rotatable bonds is 7. The minimum Gasteiger partial charge on any atom is -0.493 e. The smallest absolute Gasteiger partial charge is 0.257 e. The lowest BCUT2D eigenvalue weighted by atomic mass is 10.2. The van der Waals surface area contributed by atoms with E-state index in [2.05, 4.69) is 5.32 Å². The molecule has 1 aliphatic rings. The second-order valence-corrected chi connectivity index (χ2v) is 8.27. The van der Waals surface area contributed by atoms with E-state index in [1.54, 1.807) is 14.2 Å².